The van der Waals surface area contributed by atoms with Gasteiger partial charge in [-0.05, 0) is 61.4 Å². The third kappa shape index (κ3) is 5.21. The van der Waals surface area contributed by atoms with Gasteiger partial charge in [0.2, 0.25) is 11.8 Å². The minimum atomic E-state index is -0.545. The summed E-state index contributed by atoms with van der Waals surface area (Å²) in [4.78, 5) is 17.9. The highest BCUT2D eigenvalue weighted by Gasteiger charge is 2.37. The molecule has 0 aliphatic carbocycles. The van der Waals surface area contributed by atoms with Crippen molar-refractivity contribution in [3.05, 3.63) is 87.1 Å². The van der Waals surface area contributed by atoms with Gasteiger partial charge in [0, 0.05) is 39.4 Å². The second-order valence-corrected chi connectivity index (χ2v) is 10.7. The van der Waals surface area contributed by atoms with Crippen molar-refractivity contribution in [3.8, 4) is 28.3 Å². The smallest absolute Gasteiger partial charge is 0.225 e. The first-order chi connectivity index (χ1) is 17.2. The molecule has 6 nitrogen and oxygen atoms in total. The fourth-order valence-corrected chi connectivity index (χ4v) is 5.04. The Morgan fingerprint density at radius 3 is 2.53 bits per heavy atom. The van der Waals surface area contributed by atoms with Crippen LogP contribution in [0.4, 0.5) is 0 Å². The number of carbonyl (C=O) groups excluding carboxylic acids is 1. The first kappa shape index (κ1) is 24.6. The second-order valence-electron chi connectivity index (χ2n) is 9.38. The molecule has 0 saturated heterocycles. The summed E-state index contributed by atoms with van der Waals surface area (Å²) < 4.78 is 6.31. The molecule has 1 aliphatic rings. The van der Waals surface area contributed by atoms with Crippen molar-refractivity contribution in [1.29, 1.82) is 0 Å². The number of halogens is 3. The number of fused-ring (bicyclic) bond motifs is 1. The van der Waals surface area contributed by atoms with Gasteiger partial charge in [0.05, 0.1) is 29.4 Å². The Bertz CT molecular complexity index is 1420. The molecule has 0 bridgehead atoms. The van der Waals surface area contributed by atoms with Crippen molar-refractivity contribution >= 4 is 40.7 Å². The lowest BCUT2D eigenvalue weighted by Gasteiger charge is -2.37. The quantitative estimate of drug-likeness (QED) is 0.283. The van der Waals surface area contributed by atoms with Gasteiger partial charge in [-0.15, -0.1) is 0 Å². The van der Waals surface area contributed by atoms with Crippen molar-refractivity contribution in [1.82, 2.24) is 20.5 Å². The average Bonchev–Trinajstić information content (AvgIpc) is 3.31. The number of benzene rings is 2. The Morgan fingerprint density at radius 2 is 1.83 bits per heavy atom. The van der Waals surface area contributed by atoms with Gasteiger partial charge in [-0.2, -0.15) is 5.10 Å². The lowest BCUT2D eigenvalue weighted by atomic mass is 9.88. The van der Waals surface area contributed by atoms with E-state index in [0.29, 0.717) is 33.1 Å². The van der Waals surface area contributed by atoms with Crippen LogP contribution in [-0.2, 0) is 11.2 Å². The molecule has 0 fully saturated rings. The number of aromatic amines is 1. The number of hydrogen-bond acceptors (Lipinski definition) is 4. The van der Waals surface area contributed by atoms with Gasteiger partial charge in [0.25, 0.3) is 0 Å². The van der Waals surface area contributed by atoms with E-state index in [1.807, 2.05) is 50.2 Å². The molecule has 2 aromatic heterocycles. The minimum Gasteiger partial charge on any atom is -0.471 e. The fourth-order valence-electron chi connectivity index (χ4n) is 4.42. The maximum atomic E-state index is 12.9. The zero-order chi connectivity index (χ0) is 25.4. The van der Waals surface area contributed by atoms with E-state index in [2.05, 4.69) is 15.5 Å². The number of amides is 1. The molecule has 0 saturated carbocycles. The molecular weight excluding hydrogens is 519 g/mol. The number of nitrogens with one attached hydrogen (secondary N) is 2. The van der Waals surface area contributed by atoms with Gasteiger partial charge < -0.3 is 10.1 Å². The SMILES string of the molecule is CC1(C)C[C@@H](NC(=O)Cc2cn[nH]c2)c2cc(-c3ccc(Cl)cc3)c(-c3ccc(Cl)cc3Cl)nc2O1. The summed E-state index contributed by atoms with van der Waals surface area (Å²) in [6.45, 7) is 3.96. The van der Waals surface area contributed by atoms with Crippen LogP contribution in [0.25, 0.3) is 22.4 Å². The van der Waals surface area contributed by atoms with Crippen LogP contribution in [0.15, 0.2) is 60.9 Å². The zero-order valence-electron chi connectivity index (χ0n) is 19.6. The van der Waals surface area contributed by atoms with E-state index in [-0.39, 0.29) is 18.4 Å². The van der Waals surface area contributed by atoms with Crippen LogP contribution in [0.1, 0.15) is 37.4 Å². The van der Waals surface area contributed by atoms with Crippen LogP contribution in [0.5, 0.6) is 5.88 Å². The van der Waals surface area contributed by atoms with E-state index in [4.69, 9.17) is 44.5 Å². The van der Waals surface area contributed by atoms with Gasteiger partial charge in [-0.1, -0.05) is 46.9 Å². The summed E-state index contributed by atoms with van der Waals surface area (Å²) in [5.74, 6) is 0.349. The van der Waals surface area contributed by atoms with Crippen LogP contribution in [-0.4, -0.2) is 26.7 Å². The molecule has 0 radical (unpaired) electrons. The van der Waals surface area contributed by atoms with Crippen molar-refractivity contribution in [2.45, 2.75) is 38.3 Å². The molecule has 5 rings (SSSR count). The summed E-state index contributed by atoms with van der Waals surface area (Å²) in [7, 11) is 0. The van der Waals surface area contributed by atoms with Crippen LogP contribution >= 0.6 is 34.8 Å². The Kier molecular flexibility index (Phi) is 6.68. The molecule has 0 spiro atoms. The Hall–Kier alpha value is -3.06. The molecule has 0 unspecified atom stereocenters. The minimum absolute atomic E-state index is 0.108. The van der Waals surface area contributed by atoms with Crippen molar-refractivity contribution in [2.24, 2.45) is 0 Å². The molecule has 2 aromatic carbocycles. The highest BCUT2D eigenvalue weighted by molar-refractivity contribution is 6.36. The number of rotatable bonds is 5. The number of nitrogens with zero attached hydrogens (tertiary/aromatic N) is 2. The molecule has 2 N–H and O–H groups in total. The van der Waals surface area contributed by atoms with Crippen LogP contribution in [0, 0.1) is 0 Å². The van der Waals surface area contributed by atoms with Gasteiger partial charge in [-0.3, -0.25) is 9.89 Å². The second kappa shape index (κ2) is 9.77. The molecule has 4 aromatic rings. The number of hydrogen-bond donors (Lipinski definition) is 2. The highest BCUT2D eigenvalue weighted by Crippen LogP contribution is 2.44. The number of ether oxygens (including phenoxy) is 1. The fraction of sp³-hybridized carbons (Fsp3) is 0.222. The topological polar surface area (TPSA) is 79.9 Å². The lowest BCUT2D eigenvalue weighted by Crippen LogP contribution is -2.42. The van der Waals surface area contributed by atoms with E-state index >= 15 is 0 Å². The molecule has 1 amide bonds. The first-order valence-electron chi connectivity index (χ1n) is 11.4. The molecule has 36 heavy (non-hydrogen) atoms. The van der Waals surface area contributed by atoms with E-state index in [1.165, 1.54) is 0 Å². The maximum absolute atomic E-state index is 12.9. The lowest BCUT2D eigenvalue weighted by molar-refractivity contribution is -0.121. The summed E-state index contributed by atoms with van der Waals surface area (Å²) in [6, 6.07) is 14.5. The molecular formula is C27H23Cl3N4O2. The zero-order valence-corrected chi connectivity index (χ0v) is 21.9. The van der Waals surface area contributed by atoms with Crippen molar-refractivity contribution in [2.75, 3.05) is 0 Å². The Balaban J connectivity index is 1.63. The first-order valence-corrected chi connectivity index (χ1v) is 12.5. The molecule has 184 valence electrons. The summed E-state index contributed by atoms with van der Waals surface area (Å²) in [6.07, 6.45) is 4.16. The summed E-state index contributed by atoms with van der Waals surface area (Å²) in [5.41, 5.74) is 4.19. The Labute approximate surface area is 224 Å². The summed E-state index contributed by atoms with van der Waals surface area (Å²) >= 11 is 18.9. The van der Waals surface area contributed by atoms with Gasteiger partial charge in [0.1, 0.15) is 5.60 Å². The van der Waals surface area contributed by atoms with E-state index in [9.17, 15) is 4.79 Å². The monoisotopic (exact) mass is 540 g/mol. The standard InChI is InChI=1S/C27H23Cl3N4O2/c1-27(2)12-23(33-24(35)9-15-13-31-32-14-15)21-11-20(16-3-5-17(28)6-4-16)25(34-26(21)36-27)19-8-7-18(29)10-22(19)30/h3-8,10-11,13-14,23H,9,12H2,1-2H3,(H,31,32)(H,33,35)/t23-/m1/s1. The van der Waals surface area contributed by atoms with E-state index < -0.39 is 5.60 Å². The highest BCUT2D eigenvalue weighted by atomic mass is 35.5. The maximum Gasteiger partial charge on any atom is 0.225 e. The van der Waals surface area contributed by atoms with E-state index in [1.54, 1.807) is 24.5 Å². The van der Waals surface area contributed by atoms with Crippen LogP contribution in [0.3, 0.4) is 0 Å². The predicted octanol–water partition coefficient (Wildman–Crippen LogP) is 7.06. The molecule has 9 heteroatoms. The molecule has 1 aliphatic heterocycles. The third-order valence-corrected chi connectivity index (χ3v) is 6.86. The van der Waals surface area contributed by atoms with Crippen molar-refractivity contribution in [3.63, 3.8) is 0 Å². The summed E-state index contributed by atoms with van der Waals surface area (Å²) in [5, 5.41) is 11.5. The number of H-pyrrole nitrogens is 1. The van der Waals surface area contributed by atoms with Crippen LogP contribution in [0.2, 0.25) is 15.1 Å². The number of carbonyl (C=O) groups is 1. The number of pyridine rings is 1. The predicted molar refractivity (Wildman–Crippen MR) is 143 cm³/mol. The van der Waals surface area contributed by atoms with Gasteiger partial charge >= 0.3 is 0 Å². The normalized spacial score (nSPS) is 16.2. The van der Waals surface area contributed by atoms with Crippen LogP contribution < -0.4 is 10.1 Å². The molecule has 3 heterocycles. The number of aromatic nitrogens is 3. The Morgan fingerprint density at radius 1 is 1.08 bits per heavy atom. The van der Waals surface area contributed by atoms with Gasteiger partial charge in [0.15, 0.2) is 0 Å². The van der Waals surface area contributed by atoms with Crippen molar-refractivity contribution < 1.29 is 9.53 Å². The molecule has 1 atom stereocenters. The average molecular weight is 542 g/mol. The largest absolute Gasteiger partial charge is 0.471 e. The van der Waals surface area contributed by atoms with E-state index in [0.717, 1.165) is 27.8 Å². The van der Waals surface area contributed by atoms with Gasteiger partial charge in [-0.25, -0.2) is 4.98 Å². The third-order valence-electron chi connectivity index (χ3n) is 6.06.